The number of benzene rings is 2. The van der Waals surface area contributed by atoms with E-state index in [1.807, 2.05) is 77.8 Å². The highest BCUT2D eigenvalue weighted by Gasteiger charge is 2.28. The molecule has 142 valence electrons. The summed E-state index contributed by atoms with van der Waals surface area (Å²) in [6.07, 6.45) is 7.82. The Hall–Kier alpha value is -3.14. The molecule has 1 aliphatic carbocycles. The number of carbonyl (C=O) groups excluding carboxylic acids is 1. The van der Waals surface area contributed by atoms with Crippen LogP contribution in [-0.2, 0) is 11.3 Å². The fourth-order valence-electron chi connectivity index (χ4n) is 3.68. The molecule has 1 heterocycles. The summed E-state index contributed by atoms with van der Waals surface area (Å²) in [5.41, 5.74) is 1.92. The van der Waals surface area contributed by atoms with Gasteiger partial charge in [-0.2, -0.15) is 0 Å². The molecule has 1 saturated carbocycles. The van der Waals surface area contributed by atoms with E-state index in [9.17, 15) is 4.79 Å². The Morgan fingerprint density at radius 1 is 0.929 bits per heavy atom. The third-order valence-electron chi connectivity index (χ3n) is 5.16. The minimum atomic E-state index is 0.122. The molecule has 4 rings (SSSR count). The summed E-state index contributed by atoms with van der Waals surface area (Å²) in [7, 11) is 0. The Balaban J connectivity index is 1.55. The van der Waals surface area contributed by atoms with Gasteiger partial charge in [-0.05, 0) is 60.9 Å². The highest BCUT2D eigenvalue weighted by Crippen LogP contribution is 2.31. The van der Waals surface area contributed by atoms with Gasteiger partial charge >= 0.3 is 0 Å². The van der Waals surface area contributed by atoms with E-state index in [1.54, 1.807) is 6.20 Å². The Labute approximate surface area is 165 Å². The third-order valence-corrected chi connectivity index (χ3v) is 5.16. The number of ether oxygens (including phenoxy) is 1. The van der Waals surface area contributed by atoms with Gasteiger partial charge in [0.25, 0.3) is 0 Å². The maximum atomic E-state index is 13.2. The molecule has 1 fully saturated rings. The van der Waals surface area contributed by atoms with Crippen molar-refractivity contribution in [2.45, 2.75) is 32.2 Å². The number of hydrogen-bond acceptors (Lipinski definition) is 3. The van der Waals surface area contributed by atoms with Crippen LogP contribution in [0.1, 0.15) is 31.2 Å². The van der Waals surface area contributed by atoms with E-state index in [-0.39, 0.29) is 11.8 Å². The van der Waals surface area contributed by atoms with Crippen molar-refractivity contribution in [2.75, 3.05) is 4.90 Å². The topological polar surface area (TPSA) is 42.4 Å². The molecule has 4 heteroatoms. The molecule has 0 spiro atoms. The predicted octanol–water partition coefficient (Wildman–Crippen LogP) is 5.60. The van der Waals surface area contributed by atoms with Crippen LogP contribution in [-0.4, -0.2) is 10.9 Å². The largest absolute Gasteiger partial charge is 0.457 e. The van der Waals surface area contributed by atoms with Crippen LogP contribution in [0.15, 0.2) is 79.1 Å². The zero-order valence-corrected chi connectivity index (χ0v) is 15.8. The Bertz CT molecular complexity index is 889. The van der Waals surface area contributed by atoms with Crippen molar-refractivity contribution in [1.82, 2.24) is 4.98 Å². The van der Waals surface area contributed by atoms with Gasteiger partial charge in [0.05, 0.1) is 6.54 Å². The van der Waals surface area contributed by atoms with Crippen LogP contribution >= 0.6 is 0 Å². The first-order chi connectivity index (χ1) is 13.8. The highest BCUT2D eigenvalue weighted by atomic mass is 16.5. The van der Waals surface area contributed by atoms with Gasteiger partial charge in [-0.15, -0.1) is 0 Å². The second kappa shape index (κ2) is 8.70. The molecule has 0 saturated heterocycles. The van der Waals surface area contributed by atoms with Gasteiger partial charge < -0.3 is 9.64 Å². The van der Waals surface area contributed by atoms with Crippen molar-refractivity contribution >= 4 is 11.6 Å². The highest BCUT2D eigenvalue weighted by molar-refractivity contribution is 5.95. The number of para-hydroxylation sites is 1. The quantitative estimate of drug-likeness (QED) is 0.566. The monoisotopic (exact) mass is 372 g/mol. The molecule has 0 atom stereocenters. The number of carbonyl (C=O) groups is 1. The summed E-state index contributed by atoms with van der Waals surface area (Å²) in [5.74, 6) is 1.88. The van der Waals surface area contributed by atoms with Crippen LogP contribution in [0, 0.1) is 5.92 Å². The van der Waals surface area contributed by atoms with Gasteiger partial charge in [0, 0.05) is 24.0 Å². The molecule has 4 nitrogen and oxygen atoms in total. The van der Waals surface area contributed by atoms with Gasteiger partial charge in [0.1, 0.15) is 11.5 Å². The predicted molar refractivity (Wildman–Crippen MR) is 110 cm³/mol. The maximum Gasteiger partial charge on any atom is 0.230 e. The van der Waals surface area contributed by atoms with Crippen LogP contribution in [0.4, 0.5) is 5.69 Å². The van der Waals surface area contributed by atoms with Crippen molar-refractivity contribution < 1.29 is 9.53 Å². The number of anilines is 1. The lowest BCUT2D eigenvalue weighted by atomic mass is 10.1. The van der Waals surface area contributed by atoms with Gasteiger partial charge in [-0.1, -0.05) is 37.1 Å². The molecule has 0 unspecified atom stereocenters. The first kappa shape index (κ1) is 18.2. The molecule has 28 heavy (non-hydrogen) atoms. The minimum Gasteiger partial charge on any atom is -0.457 e. The standard InChI is InChI=1S/C24H24N2O2/c27-24(20-8-4-5-9-20)26(18-19-7-6-16-25-17-19)21-12-14-23(15-13-21)28-22-10-2-1-3-11-22/h1-3,6-7,10-17,20H,4-5,8-9,18H2. The Morgan fingerprint density at radius 2 is 1.64 bits per heavy atom. The number of pyridine rings is 1. The van der Waals surface area contributed by atoms with Crippen LogP contribution < -0.4 is 9.64 Å². The number of aromatic nitrogens is 1. The van der Waals surface area contributed by atoms with Crippen LogP contribution in [0.25, 0.3) is 0 Å². The molecule has 1 aliphatic rings. The lowest BCUT2D eigenvalue weighted by Gasteiger charge is -2.26. The molecular formula is C24H24N2O2. The zero-order valence-electron chi connectivity index (χ0n) is 15.8. The number of hydrogen-bond donors (Lipinski definition) is 0. The van der Waals surface area contributed by atoms with E-state index >= 15 is 0 Å². The smallest absolute Gasteiger partial charge is 0.230 e. The van der Waals surface area contributed by atoms with Crippen molar-refractivity contribution in [2.24, 2.45) is 5.92 Å². The van der Waals surface area contributed by atoms with Crippen molar-refractivity contribution in [3.63, 3.8) is 0 Å². The number of rotatable bonds is 6. The summed E-state index contributed by atoms with van der Waals surface area (Å²) in [6.45, 7) is 0.530. The van der Waals surface area contributed by atoms with Crippen molar-refractivity contribution in [3.05, 3.63) is 84.7 Å². The van der Waals surface area contributed by atoms with Crippen LogP contribution in [0.5, 0.6) is 11.5 Å². The van der Waals surface area contributed by atoms with Crippen molar-refractivity contribution in [1.29, 1.82) is 0 Å². The van der Waals surface area contributed by atoms with E-state index in [0.29, 0.717) is 6.54 Å². The summed E-state index contributed by atoms with van der Waals surface area (Å²) in [5, 5.41) is 0. The SMILES string of the molecule is O=C(C1CCCC1)N(Cc1cccnc1)c1ccc(Oc2ccccc2)cc1. The van der Waals surface area contributed by atoms with Gasteiger partial charge in [0.2, 0.25) is 5.91 Å². The van der Waals surface area contributed by atoms with Gasteiger partial charge in [-0.25, -0.2) is 0 Å². The summed E-state index contributed by atoms with van der Waals surface area (Å²) < 4.78 is 5.88. The zero-order chi connectivity index (χ0) is 19.2. The summed E-state index contributed by atoms with van der Waals surface area (Å²) in [6, 6.07) is 21.4. The molecule has 0 N–H and O–H groups in total. The Kier molecular flexibility index (Phi) is 5.66. The molecule has 0 aliphatic heterocycles. The summed E-state index contributed by atoms with van der Waals surface area (Å²) in [4.78, 5) is 19.3. The molecule has 0 bridgehead atoms. The maximum absolute atomic E-state index is 13.2. The van der Waals surface area contributed by atoms with Gasteiger partial charge in [-0.3, -0.25) is 9.78 Å². The Morgan fingerprint density at radius 3 is 2.32 bits per heavy atom. The average molecular weight is 372 g/mol. The molecule has 1 amide bonds. The first-order valence-electron chi connectivity index (χ1n) is 9.83. The molecule has 1 aromatic heterocycles. The molecule has 2 aromatic carbocycles. The summed E-state index contributed by atoms with van der Waals surface area (Å²) >= 11 is 0. The van der Waals surface area contributed by atoms with E-state index in [4.69, 9.17) is 4.74 Å². The van der Waals surface area contributed by atoms with E-state index in [2.05, 4.69) is 4.98 Å². The number of amides is 1. The van der Waals surface area contributed by atoms with E-state index in [1.165, 1.54) is 0 Å². The van der Waals surface area contributed by atoms with Crippen molar-refractivity contribution in [3.8, 4) is 11.5 Å². The number of nitrogens with zero attached hydrogens (tertiary/aromatic N) is 2. The minimum absolute atomic E-state index is 0.122. The second-order valence-electron chi connectivity index (χ2n) is 7.18. The fourth-order valence-corrected chi connectivity index (χ4v) is 3.68. The van der Waals surface area contributed by atoms with Gasteiger partial charge in [0.15, 0.2) is 0 Å². The lowest BCUT2D eigenvalue weighted by molar-refractivity contribution is -0.122. The fraction of sp³-hybridized carbons (Fsp3) is 0.250. The molecule has 0 radical (unpaired) electrons. The van der Waals surface area contributed by atoms with E-state index in [0.717, 1.165) is 48.4 Å². The first-order valence-corrected chi connectivity index (χ1v) is 9.83. The van der Waals surface area contributed by atoms with E-state index < -0.39 is 0 Å². The van der Waals surface area contributed by atoms with Crippen LogP contribution in [0.2, 0.25) is 0 Å². The van der Waals surface area contributed by atoms with Crippen LogP contribution in [0.3, 0.4) is 0 Å². The second-order valence-corrected chi connectivity index (χ2v) is 7.18. The molecule has 3 aromatic rings. The normalized spacial score (nSPS) is 14.0. The lowest BCUT2D eigenvalue weighted by Crippen LogP contribution is -2.34. The molecular weight excluding hydrogens is 348 g/mol. The average Bonchev–Trinajstić information content (AvgIpc) is 3.29. The third kappa shape index (κ3) is 4.39.